The topological polar surface area (TPSA) is 70.1 Å². The molecule has 6 atom stereocenters. The van der Waals surface area contributed by atoms with Gasteiger partial charge in [0.1, 0.15) is 6.10 Å². The van der Waals surface area contributed by atoms with Crippen molar-refractivity contribution in [2.24, 2.45) is 29.6 Å². The lowest BCUT2D eigenvalue weighted by Crippen LogP contribution is -2.57. The first-order valence-electron chi connectivity index (χ1n) is 13.1. The quantitative estimate of drug-likeness (QED) is 0.506. The van der Waals surface area contributed by atoms with Crippen LogP contribution in [0.25, 0.3) is 0 Å². The zero-order valence-electron chi connectivity index (χ0n) is 20.9. The molecular formula is C27H42N2O4. The second-order valence-corrected chi connectivity index (χ2v) is 11.1. The van der Waals surface area contributed by atoms with Crippen LogP contribution < -0.4 is 0 Å². The van der Waals surface area contributed by atoms with Crippen LogP contribution in [0.5, 0.6) is 0 Å². The molecule has 6 nitrogen and oxygen atoms in total. The summed E-state index contributed by atoms with van der Waals surface area (Å²) in [5.74, 6) is 1.14. The van der Waals surface area contributed by atoms with Crippen molar-refractivity contribution in [3.8, 4) is 0 Å². The molecule has 0 unspecified atom stereocenters. The van der Waals surface area contributed by atoms with Gasteiger partial charge in [-0.3, -0.25) is 14.5 Å². The van der Waals surface area contributed by atoms with E-state index in [1.807, 2.05) is 6.92 Å². The van der Waals surface area contributed by atoms with Gasteiger partial charge in [0.15, 0.2) is 0 Å². The van der Waals surface area contributed by atoms with Crippen molar-refractivity contribution in [2.75, 3.05) is 32.7 Å². The highest BCUT2D eigenvalue weighted by Crippen LogP contribution is 2.50. The molecule has 0 aromatic carbocycles. The Kier molecular flexibility index (Phi) is 7.54. The summed E-state index contributed by atoms with van der Waals surface area (Å²) in [4.78, 5) is 28.9. The Morgan fingerprint density at radius 3 is 2.48 bits per heavy atom. The SMILES string of the molecule is CC(=O)O[C@@H]1[C][C@@]2(O)[C@H](C)CC[C@@H]([C@H](C)CN3CCN(C(=O)C4CCCC4)CC3)[C@H]2C=C1C. The Labute approximate surface area is 199 Å². The molecule has 1 heterocycles. The van der Waals surface area contributed by atoms with Gasteiger partial charge >= 0.3 is 5.97 Å². The van der Waals surface area contributed by atoms with Gasteiger partial charge in [-0.05, 0) is 55.9 Å². The predicted molar refractivity (Wildman–Crippen MR) is 127 cm³/mol. The molecule has 4 aliphatic rings. The number of ether oxygens (including phenoxy) is 1. The van der Waals surface area contributed by atoms with Crippen LogP contribution in [0.1, 0.15) is 66.2 Å². The van der Waals surface area contributed by atoms with E-state index in [-0.39, 0.29) is 23.7 Å². The number of carbonyl (C=O) groups is 2. The highest BCUT2D eigenvalue weighted by atomic mass is 16.5. The van der Waals surface area contributed by atoms with Crippen LogP contribution in [0, 0.1) is 36.0 Å². The molecule has 0 bridgehead atoms. The van der Waals surface area contributed by atoms with Crippen LogP contribution in [0.15, 0.2) is 11.6 Å². The second kappa shape index (κ2) is 10.1. The molecule has 4 rings (SSSR count). The van der Waals surface area contributed by atoms with E-state index in [2.05, 4.69) is 36.1 Å². The minimum absolute atomic E-state index is 0.00621. The summed E-state index contributed by atoms with van der Waals surface area (Å²) in [5.41, 5.74) is -0.103. The van der Waals surface area contributed by atoms with Crippen molar-refractivity contribution >= 4 is 11.9 Å². The van der Waals surface area contributed by atoms with E-state index in [9.17, 15) is 14.7 Å². The van der Waals surface area contributed by atoms with E-state index >= 15 is 0 Å². The summed E-state index contributed by atoms with van der Waals surface area (Å²) in [5, 5.41) is 11.7. The van der Waals surface area contributed by atoms with Crippen LogP contribution in [-0.4, -0.2) is 71.2 Å². The molecule has 1 amide bonds. The number of piperazine rings is 1. The molecule has 1 N–H and O–H groups in total. The smallest absolute Gasteiger partial charge is 0.303 e. The molecular weight excluding hydrogens is 416 g/mol. The van der Waals surface area contributed by atoms with Gasteiger partial charge in [-0.25, -0.2) is 0 Å². The molecule has 33 heavy (non-hydrogen) atoms. The molecule has 0 aromatic rings. The lowest BCUT2D eigenvalue weighted by molar-refractivity contribution is -0.148. The monoisotopic (exact) mass is 458 g/mol. The van der Waals surface area contributed by atoms with Crippen molar-refractivity contribution < 1.29 is 19.4 Å². The fraction of sp³-hybridized carbons (Fsp3) is 0.815. The lowest BCUT2D eigenvalue weighted by atomic mass is 9.57. The van der Waals surface area contributed by atoms with E-state index in [0.717, 1.165) is 64.0 Å². The van der Waals surface area contributed by atoms with Crippen LogP contribution in [0.2, 0.25) is 0 Å². The minimum atomic E-state index is -1.07. The molecule has 6 heteroatoms. The van der Waals surface area contributed by atoms with Gasteiger partial charge in [0, 0.05) is 51.5 Å². The standard InChI is InChI=1S/C27H42N2O4/c1-18-15-24-23(10-9-20(3)27(24,32)16-25(18)33-21(4)30)19(2)17-28-11-13-29(14-12-28)26(31)22-7-5-6-8-22/h15,19-20,22-25,32H,5-14,17H2,1-4H3/t19-,20-,23+,24-,25-,27-/m1/s1. The van der Waals surface area contributed by atoms with Gasteiger partial charge in [-0.1, -0.05) is 32.8 Å². The Balaban J connectivity index is 1.37. The third kappa shape index (κ3) is 5.17. The zero-order valence-corrected chi connectivity index (χ0v) is 20.9. The first kappa shape index (κ1) is 24.7. The number of nitrogens with zero attached hydrogens (tertiary/aromatic N) is 2. The van der Waals surface area contributed by atoms with Crippen LogP contribution >= 0.6 is 0 Å². The summed E-state index contributed by atoms with van der Waals surface area (Å²) in [6.45, 7) is 12.3. The van der Waals surface area contributed by atoms with Crippen molar-refractivity contribution in [1.82, 2.24) is 9.80 Å². The maximum absolute atomic E-state index is 12.8. The zero-order chi connectivity index (χ0) is 23.8. The molecule has 184 valence electrons. The van der Waals surface area contributed by atoms with Gasteiger partial charge in [0.05, 0.1) is 12.0 Å². The molecule has 0 aromatic heterocycles. The number of aliphatic hydroxyl groups is 1. The molecule has 3 fully saturated rings. The fourth-order valence-corrected chi connectivity index (χ4v) is 6.73. The lowest BCUT2D eigenvalue weighted by Gasteiger charge is -2.53. The number of fused-ring (bicyclic) bond motifs is 1. The van der Waals surface area contributed by atoms with E-state index in [4.69, 9.17) is 4.74 Å². The number of carbonyl (C=O) groups excluding carboxylic acids is 2. The maximum Gasteiger partial charge on any atom is 0.303 e. The van der Waals surface area contributed by atoms with E-state index in [1.165, 1.54) is 19.8 Å². The molecule has 2 radical (unpaired) electrons. The van der Waals surface area contributed by atoms with Crippen molar-refractivity contribution in [1.29, 1.82) is 0 Å². The van der Waals surface area contributed by atoms with E-state index in [0.29, 0.717) is 17.7 Å². The third-order valence-electron chi connectivity index (χ3n) is 8.82. The number of hydrogen-bond acceptors (Lipinski definition) is 5. The Hall–Kier alpha value is -1.40. The van der Waals surface area contributed by atoms with Gasteiger partial charge < -0.3 is 14.7 Å². The maximum atomic E-state index is 12.8. The minimum Gasteiger partial charge on any atom is -0.457 e. The Morgan fingerprint density at radius 1 is 1.18 bits per heavy atom. The first-order chi connectivity index (χ1) is 15.7. The molecule has 3 aliphatic carbocycles. The molecule has 0 spiro atoms. The summed E-state index contributed by atoms with van der Waals surface area (Å²) < 4.78 is 5.43. The number of hydrogen-bond donors (Lipinski definition) is 1. The summed E-state index contributed by atoms with van der Waals surface area (Å²) in [6, 6.07) is 0. The fourth-order valence-electron chi connectivity index (χ4n) is 6.73. The van der Waals surface area contributed by atoms with Crippen LogP contribution in [0.4, 0.5) is 0 Å². The Bertz CT molecular complexity index is 753. The third-order valence-corrected chi connectivity index (χ3v) is 8.82. The highest BCUT2D eigenvalue weighted by Gasteiger charge is 2.53. The molecule has 2 saturated carbocycles. The number of rotatable bonds is 5. The van der Waals surface area contributed by atoms with Crippen LogP contribution in [-0.2, 0) is 14.3 Å². The first-order valence-corrected chi connectivity index (χ1v) is 13.1. The summed E-state index contributed by atoms with van der Waals surface area (Å²) >= 11 is 0. The van der Waals surface area contributed by atoms with Crippen LogP contribution in [0.3, 0.4) is 0 Å². The number of amides is 1. The largest absolute Gasteiger partial charge is 0.457 e. The van der Waals surface area contributed by atoms with Crippen molar-refractivity contribution in [3.05, 3.63) is 18.1 Å². The van der Waals surface area contributed by atoms with Gasteiger partial charge in [0.2, 0.25) is 5.91 Å². The van der Waals surface area contributed by atoms with E-state index in [1.54, 1.807) is 0 Å². The normalized spacial score (nSPS) is 36.8. The average Bonchev–Trinajstić information content (AvgIpc) is 3.31. The molecule has 1 saturated heterocycles. The average molecular weight is 459 g/mol. The number of esters is 1. The van der Waals surface area contributed by atoms with E-state index < -0.39 is 11.7 Å². The second-order valence-electron chi connectivity index (χ2n) is 11.1. The molecule has 1 aliphatic heterocycles. The summed E-state index contributed by atoms with van der Waals surface area (Å²) in [6.07, 6.45) is 11.4. The van der Waals surface area contributed by atoms with Crippen molar-refractivity contribution in [2.45, 2.75) is 77.9 Å². The predicted octanol–water partition coefficient (Wildman–Crippen LogP) is 3.32. The van der Waals surface area contributed by atoms with Gasteiger partial charge in [-0.15, -0.1) is 0 Å². The van der Waals surface area contributed by atoms with Gasteiger partial charge in [0.25, 0.3) is 0 Å². The summed E-state index contributed by atoms with van der Waals surface area (Å²) in [7, 11) is 0. The van der Waals surface area contributed by atoms with Gasteiger partial charge in [-0.2, -0.15) is 0 Å². The van der Waals surface area contributed by atoms with Crippen molar-refractivity contribution in [3.63, 3.8) is 0 Å². The highest BCUT2D eigenvalue weighted by molar-refractivity contribution is 5.79. The Morgan fingerprint density at radius 2 is 1.85 bits per heavy atom.